The molecule has 0 bridgehead atoms. The fraction of sp³-hybridized carbons (Fsp3) is 0.517. The summed E-state index contributed by atoms with van der Waals surface area (Å²) in [6, 6.07) is 14.9. The van der Waals surface area contributed by atoms with Crippen molar-refractivity contribution in [2.75, 3.05) is 36.4 Å². The van der Waals surface area contributed by atoms with Crippen LogP contribution in [0.25, 0.3) is 5.57 Å². The van der Waals surface area contributed by atoms with E-state index in [-0.39, 0.29) is 6.03 Å². The number of amides is 2. The number of nitrogens with zero attached hydrogens (tertiary/aromatic N) is 3. The molecule has 2 amide bonds. The van der Waals surface area contributed by atoms with Gasteiger partial charge in [0.25, 0.3) is 0 Å². The first kappa shape index (κ1) is 23.9. The molecule has 35 heavy (non-hydrogen) atoms. The number of hydrogen-bond donors (Lipinski definition) is 2. The van der Waals surface area contributed by atoms with Gasteiger partial charge in [-0.25, -0.2) is 9.78 Å². The van der Waals surface area contributed by atoms with E-state index >= 15 is 0 Å². The van der Waals surface area contributed by atoms with E-state index in [0.717, 1.165) is 69.2 Å². The molecule has 0 unspecified atom stereocenters. The van der Waals surface area contributed by atoms with Crippen molar-refractivity contribution in [1.29, 1.82) is 0 Å². The topological polar surface area (TPSA) is 60.5 Å². The van der Waals surface area contributed by atoms with Gasteiger partial charge in [0.2, 0.25) is 0 Å². The molecule has 5 rings (SSSR count). The highest BCUT2D eigenvalue weighted by Crippen LogP contribution is 2.25. The van der Waals surface area contributed by atoms with Crippen molar-refractivity contribution in [2.24, 2.45) is 0 Å². The Morgan fingerprint density at radius 1 is 0.943 bits per heavy atom. The van der Waals surface area contributed by atoms with Gasteiger partial charge < -0.3 is 15.5 Å². The van der Waals surface area contributed by atoms with Gasteiger partial charge in [-0.2, -0.15) is 0 Å². The lowest BCUT2D eigenvalue weighted by molar-refractivity contribution is 0.244. The number of nitrogens with one attached hydrogen (secondary N) is 2. The van der Waals surface area contributed by atoms with E-state index < -0.39 is 0 Å². The Morgan fingerprint density at radius 2 is 1.74 bits per heavy atom. The van der Waals surface area contributed by atoms with Gasteiger partial charge in [0.15, 0.2) is 0 Å². The van der Waals surface area contributed by atoms with Crippen molar-refractivity contribution in [3.63, 3.8) is 0 Å². The molecule has 6 heteroatoms. The maximum absolute atomic E-state index is 12.4. The van der Waals surface area contributed by atoms with Crippen LogP contribution in [0.2, 0.25) is 0 Å². The number of rotatable bonds is 6. The summed E-state index contributed by atoms with van der Waals surface area (Å²) in [6.07, 6.45) is 13.1. The fourth-order valence-electron chi connectivity index (χ4n) is 5.59. The molecule has 2 aromatic rings. The van der Waals surface area contributed by atoms with Crippen LogP contribution < -0.4 is 15.5 Å². The Kier molecular flexibility index (Phi) is 7.99. The van der Waals surface area contributed by atoms with Crippen LogP contribution >= 0.6 is 0 Å². The van der Waals surface area contributed by atoms with Crippen LogP contribution in [-0.2, 0) is 6.54 Å². The zero-order chi connectivity index (χ0) is 23.9. The summed E-state index contributed by atoms with van der Waals surface area (Å²) in [5, 5.41) is 6.17. The van der Waals surface area contributed by atoms with E-state index in [2.05, 4.69) is 56.8 Å². The Balaban J connectivity index is 1.15. The minimum absolute atomic E-state index is 0.0844. The maximum atomic E-state index is 12.4. The predicted molar refractivity (Wildman–Crippen MR) is 144 cm³/mol. The Labute approximate surface area is 209 Å². The summed E-state index contributed by atoms with van der Waals surface area (Å²) in [6.45, 7) is 5.07. The van der Waals surface area contributed by atoms with Crippen molar-refractivity contribution in [3.8, 4) is 0 Å². The number of urea groups is 1. The molecule has 3 aliphatic rings. The van der Waals surface area contributed by atoms with Crippen LogP contribution in [0.5, 0.6) is 0 Å². The number of hydrogen-bond acceptors (Lipinski definition) is 4. The number of carbonyl (C=O) groups excluding carboxylic acids is 1. The second kappa shape index (κ2) is 11.7. The normalized spacial score (nSPS) is 19.8. The molecular weight excluding hydrogens is 434 g/mol. The monoisotopic (exact) mass is 473 g/mol. The lowest BCUT2D eigenvalue weighted by Crippen LogP contribution is -2.39. The fourth-order valence-corrected chi connectivity index (χ4v) is 5.59. The third-order valence-electron chi connectivity index (χ3n) is 7.57. The van der Waals surface area contributed by atoms with Gasteiger partial charge in [-0.1, -0.05) is 43.5 Å². The van der Waals surface area contributed by atoms with Crippen LogP contribution in [0.4, 0.5) is 16.3 Å². The van der Waals surface area contributed by atoms with Crippen LogP contribution in [-0.4, -0.2) is 48.1 Å². The number of anilines is 2. The summed E-state index contributed by atoms with van der Waals surface area (Å²) >= 11 is 0. The summed E-state index contributed by atoms with van der Waals surface area (Å²) in [5.41, 5.74) is 4.57. The van der Waals surface area contributed by atoms with Gasteiger partial charge in [0.1, 0.15) is 5.82 Å². The van der Waals surface area contributed by atoms with Crippen molar-refractivity contribution in [2.45, 2.75) is 70.4 Å². The first-order valence-corrected chi connectivity index (χ1v) is 13.5. The largest absolute Gasteiger partial charge is 0.357 e. The molecule has 6 nitrogen and oxygen atoms in total. The molecule has 1 aromatic carbocycles. The molecular formula is C29H39N5O. The molecule has 0 spiro atoms. The van der Waals surface area contributed by atoms with Crippen molar-refractivity contribution in [3.05, 3.63) is 59.8 Å². The molecule has 2 aliphatic heterocycles. The van der Waals surface area contributed by atoms with Gasteiger partial charge in [-0.05, 0) is 73.9 Å². The highest BCUT2D eigenvalue weighted by molar-refractivity contribution is 5.89. The molecule has 1 aliphatic carbocycles. The van der Waals surface area contributed by atoms with E-state index in [9.17, 15) is 4.79 Å². The van der Waals surface area contributed by atoms with Gasteiger partial charge >= 0.3 is 6.03 Å². The summed E-state index contributed by atoms with van der Waals surface area (Å²) in [7, 11) is 0. The van der Waals surface area contributed by atoms with E-state index in [1.165, 1.54) is 49.7 Å². The molecule has 186 valence electrons. The lowest BCUT2D eigenvalue weighted by atomic mass is 9.96. The Hall–Kier alpha value is -2.86. The Bertz CT molecular complexity index is 1020. The summed E-state index contributed by atoms with van der Waals surface area (Å²) < 4.78 is 0. The molecule has 3 heterocycles. The smallest absolute Gasteiger partial charge is 0.319 e. The van der Waals surface area contributed by atoms with Gasteiger partial charge in [0, 0.05) is 44.5 Å². The second-order valence-corrected chi connectivity index (χ2v) is 10.3. The third-order valence-corrected chi connectivity index (χ3v) is 7.57. The zero-order valence-electron chi connectivity index (χ0n) is 20.8. The molecule has 1 aromatic heterocycles. The van der Waals surface area contributed by atoms with Crippen LogP contribution in [0, 0.1) is 0 Å². The number of carbonyl (C=O) groups is 1. The Morgan fingerprint density at radius 3 is 2.54 bits per heavy atom. The molecule has 0 radical (unpaired) electrons. The van der Waals surface area contributed by atoms with E-state index in [0.29, 0.717) is 6.04 Å². The number of pyridine rings is 1. The molecule has 2 fully saturated rings. The molecule has 1 saturated carbocycles. The van der Waals surface area contributed by atoms with Crippen molar-refractivity contribution in [1.82, 2.24) is 15.2 Å². The first-order chi connectivity index (χ1) is 17.2. The van der Waals surface area contributed by atoms with Crippen LogP contribution in [0.1, 0.15) is 69.0 Å². The quantitative estimate of drug-likeness (QED) is 0.555. The predicted octanol–water partition coefficient (Wildman–Crippen LogP) is 5.82. The summed E-state index contributed by atoms with van der Waals surface area (Å²) in [5.74, 6) is 1.13. The molecule has 0 atom stereocenters. The zero-order valence-corrected chi connectivity index (χ0v) is 20.8. The highest BCUT2D eigenvalue weighted by Gasteiger charge is 2.18. The van der Waals surface area contributed by atoms with E-state index in [1.54, 1.807) is 0 Å². The number of piperidine rings is 1. The minimum Gasteiger partial charge on any atom is -0.357 e. The average Bonchev–Trinajstić information content (AvgIpc) is 2.90. The number of benzene rings is 1. The third kappa shape index (κ3) is 6.63. The van der Waals surface area contributed by atoms with Crippen molar-refractivity contribution < 1.29 is 4.79 Å². The first-order valence-electron chi connectivity index (χ1n) is 13.5. The SMILES string of the molecule is O=C(Nc1cccc(CN2CC=C(c3cccc(N4CCCCC4)n3)CC2)c1)NC1CCCCC1. The van der Waals surface area contributed by atoms with E-state index in [1.807, 2.05) is 12.1 Å². The number of aromatic nitrogens is 1. The van der Waals surface area contributed by atoms with Crippen LogP contribution in [0.15, 0.2) is 48.5 Å². The highest BCUT2D eigenvalue weighted by atomic mass is 16.2. The molecule has 2 N–H and O–H groups in total. The van der Waals surface area contributed by atoms with E-state index in [4.69, 9.17) is 4.98 Å². The summed E-state index contributed by atoms with van der Waals surface area (Å²) in [4.78, 5) is 22.3. The van der Waals surface area contributed by atoms with Gasteiger partial charge in [-0.15, -0.1) is 0 Å². The molecule has 1 saturated heterocycles. The standard InChI is InChI=1S/C29H39N5O/c35-29(30-25-10-3-1-4-11-25)31-26-12-7-9-23(21-26)22-33-19-15-24(16-20-33)27-13-8-14-28(32-27)34-17-5-2-6-18-34/h7-9,12-15,21,25H,1-6,10-11,16-20,22H2,(H2,30,31,35). The minimum atomic E-state index is -0.0844. The van der Waals surface area contributed by atoms with Gasteiger partial charge in [0.05, 0.1) is 5.69 Å². The lowest BCUT2D eigenvalue weighted by Gasteiger charge is -2.29. The second-order valence-electron chi connectivity index (χ2n) is 10.3. The van der Waals surface area contributed by atoms with Crippen molar-refractivity contribution >= 4 is 23.1 Å². The van der Waals surface area contributed by atoms with Gasteiger partial charge in [-0.3, -0.25) is 4.90 Å². The average molecular weight is 474 g/mol. The maximum Gasteiger partial charge on any atom is 0.319 e. The van der Waals surface area contributed by atoms with Crippen LogP contribution in [0.3, 0.4) is 0 Å².